The Labute approximate surface area is 91.5 Å². The monoisotopic (exact) mass is 228 g/mol. The summed E-state index contributed by atoms with van der Waals surface area (Å²) < 4.78 is 4.67. The van der Waals surface area contributed by atoms with E-state index in [-0.39, 0.29) is 11.7 Å². The molecule has 0 radical (unpaired) electrons. The number of amides is 1. The van der Waals surface area contributed by atoms with Crippen molar-refractivity contribution in [3.05, 3.63) is 28.0 Å². The van der Waals surface area contributed by atoms with Crippen LogP contribution in [0.3, 0.4) is 0 Å². The summed E-state index contributed by atoms with van der Waals surface area (Å²) in [7, 11) is 0. The Bertz CT molecular complexity index is 385. The van der Waals surface area contributed by atoms with Gasteiger partial charge in [-0.3, -0.25) is 19.7 Å². The topological polar surface area (TPSA) is 94.6 Å². The van der Waals surface area contributed by atoms with Gasteiger partial charge in [-0.1, -0.05) is 13.8 Å². The molecule has 0 atom stereocenters. The van der Waals surface area contributed by atoms with Crippen LogP contribution in [0.5, 0.6) is 0 Å². The molecular weight excluding hydrogens is 216 g/mol. The molecule has 0 bridgehead atoms. The summed E-state index contributed by atoms with van der Waals surface area (Å²) in [4.78, 5) is 25.7. The number of carbonyl (C=O) groups excluding carboxylic acids is 1. The first-order valence-electron chi connectivity index (χ1n) is 4.67. The van der Waals surface area contributed by atoms with Gasteiger partial charge in [-0.15, -0.1) is 0 Å². The van der Waals surface area contributed by atoms with Gasteiger partial charge >= 0.3 is 11.8 Å². The highest BCUT2D eigenvalue weighted by Crippen LogP contribution is 2.15. The minimum Gasteiger partial charge on any atom is -0.395 e. The fourth-order valence-electron chi connectivity index (χ4n) is 0.872. The lowest BCUT2D eigenvalue weighted by Gasteiger charge is -2.05. The molecule has 1 amide bonds. The molecule has 1 aromatic heterocycles. The van der Waals surface area contributed by atoms with Crippen LogP contribution in [0.2, 0.25) is 0 Å². The van der Waals surface area contributed by atoms with Gasteiger partial charge in [-0.2, -0.15) is 0 Å². The van der Waals surface area contributed by atoms with Crippen molar-refractivity contribution in [3.8, 4) is 0 Å². The predicted molar refractivity (Wildman–Crippen MR) is 53.6 cm³/mol. The lowest BCUT2D eigenvalue weighted by molar-refractivity contribution is -0.402. The van der Waals surface area contributed by atoms with E-state index in [9.17, 15) is 14.9 Å². The van der Waals surface area contributed by atoms with E-state index >= 15 is 0 Å². The van der Waals surface area contributed by atoms with Crippen molar-refractivity contribution >= 4 is 11.8 Å². The summed E-state index contributed by atoms with van der Waals surface area (Å²) in [6, 6.07) is 2.32. The average Bonchev–Trinajstić information content (AvgIpc) is 2.65. The van der Waals surface area contributed by atoms with Crippen LogP contribution in [-0.2, 0) is 4.84 Å². The van der Waals surface area contributed by atoms with Crippen LogP contribution in [0.4, 0.5) is 5.88 Å². The zero-order valence-electron chi connectivity index (χ0n) is 8.93. The minimum absolute atomic E-state index is 0.157. The van der Waals surface area contributed by atoms with Crippen molar-refractivity contribution in [2.24, 2.45) is 5.92 Å². The van der Waals surface area contributed by atoms with Crippen LogP contribution >= 0.6 is 0 Å². The summed E-state index contributed by atoms with van der Waals surface area (Å²) in [5, 5.41) is 10.3. The molecule has 1 rings (SSSR count). The summed E-state index contributed by atoms with van der Waals surface area (Å²) in [6.07, 6.45) is 0. The van der Waals surface area contributed by atoms with E-state index in [1.807, 2.05) is 13.8 Å². The van der Waals surface area contributed by atoms with Gasteiger partial charge in [0.1, 0.15) is 4.92 Å². The fourth-order valence-corrected chi connectivity index (χ4v) is 0.872. The summed E-state index contributed by atoms with van der Waals surface area (Å²) in [6.45, 7) is 4.20. The van der Waals surface area contributed by atoms with Crippen LogP contribution in [0.1, 0.15) is 24.4 Å². The second-order valence-corrected chi connectivity index (χ2v) is 3.53. The smallest absolute Gasteiger partial charge is 0.395 e. The first kappa shape index (κ1) is 12.2. The molecule has 0 saturated carbocycles. The molecule has 0 unspecified atom stereocenters. The standard InChI is InChI=1S/C9H12N2O5/c1-6(2)5-15-10-9(12)7-3-4-8(16-7)11(13)14/h3-4,6H,5H2,1-2H3,(H,10,12). The van der Waals surface area contributed by atoms with E-state index in [1.54, 1.807) is 0 Å². The van der Waals surface area contributed by atoms with E-state index in [2.05, 4.69) is 9.90 Å². The SMILES string of the molecule is CC(C)CONC(=O)c1ccc([N+](=O)[O-])o1. The van der Waals surface area contributed by atoms with Gasteiger partial charge in [-0.25, -0.2) is 5.48 Å². The molecular formula is C9H12N2O5. The van der Waals surface area contributed by atoms with Gasteiger partial charge < -0.3 is 4.42 Å². The molecule has 0 aliphatic rings. The molecule has 0 aromatic carbocycles. The maximum absolute atomic E-state index is 11.3. The highest BCUT2D eigenvalue weighted by Gasteiger charge is 2.17. The van der Waals surface area contributed by atoms with Crippen LogP contribution < -0.4 is 5.48 Å². The average molecular weight is 228 g/mol. The number of hydrogen-bond acceptors (Lipinski definition) is 5. The van der Waals surface area contributed by atoms with Gasteiger partial charge in [0, 0.05) is 0 Å². The fraction of sp³-hybridized carbons (Fsp3) is 0.444. The molecule has 7 heteroatoms. The van der Waals surface area contributed by atoms with E-state index in [0.717, 1.165) is 6.07 Å². The lowest BCUT2D eigenvalue weighted by Crippen LogP contribution is -2.25. The number of hydroxylamine groups is 1. The van der Waals surface area contributed by atoms with Crippen molar-refractivity contribution in [1.29, 1.82) is 0 Å². The Morgan fingerprint density at radius 3 is 2.81 bits per heavy atom. The largest absolute Gasteiger partial charge is 0.433 e. The number of nitro groups is 1. The van der Waals surface area contributed by atoms with Crippen molar-refractivity contribution in [2.75, 3.05) is 6.61 Å². The minimum atomic E-state index is -0.717. The van der Waals surface area contributed by atoms with Gasteiger partial charge in [-0.05, 0) is 12.0 Å². The summed E-state index contributed by atoms with van der Waals surface area (Å²) in [5.74, 6) is -1.01. The molecule has 1 aromatic rings. The van der Waals surface area contributed by atoms with Crippen molar-refractivity contribution in [3.63, 3.8) is 0 Å². The van der Waals surface area contributed by atoms with Crippen molar-refractivity contribution < 1.29 is 19.0 Å². The molecule has 0 aliphatic carbocycles. The van der Waals surface area contributed by atoms with Crippen molar-refractivity contribution in [2.45, 2.75) is 13.8 Å². The maximum Gasteiger partial charge on any atom is 0.433 e. The summed E-state index contributed by atoms with van der Waals surface area (Å²) >= 11 is 0. The number of furan rings is 1. The highest BCUT2D eigenvalue weighted by molar-refractivity contribution is 5.90. The number of carbonyl (C=O) groups is 1. The number of rotatable bonds is 5. The number of hydrogen-bond donors (Lipinski definition) is 1. The van der Waals surface area contributed by atoms with Gasteiger partial charge in [0.25, 0.3) is 0 Å². The molecule has 7 nitrogen and oxygen atoms in total. The maximum atomic E-state index is 11.3. The Morgan fingerprint density at radius 1 is 1.62 bits per heavy atom. The van der Waals surface area contributed by atoms with Crippen LogP contribution in [0.25, 0.3) is 0 Å². The van der Waals surface area contributed by atoms with Crippen LogP contribution in [0.15, 0.2) is 16.5 Å². The van der Waals surface area contributed by atoms with Gasteiger partial charge in [0.2, 0.25) is 5.76 Å². The van der Waals surface area contributed by atoms with E-state index < -0.39 is 16.7 Å². The van der Waals surface area contributed by atoms with Crippen molar-refractivity contribution in [1.82, 2.24) is 5.48 Å². The van der Waals surface area contributed by atoms with Crippen LogP contribution in [-0.4, -0.2) is 17.4 Å². The zero-order valence-corrected chi connectivity index (χ0v) is 8.93. The van der Waals surface area contributed by atoms with Gasteiger partial charge in [0.05, 0.1) is 12.7 Å². The molecule has 1 N–H and O–H groups in total. The second-order valence-electron chi connectivity index (χ2n) is 3.53. The van der Waals surface area contributed by atoms with Gasteiger partial charge in [0.15, 0.2) is 0 Å². The third-order valence-corrected chi connectivity index (χ3v) is 1.58. The molecule has 0 fully saturated rings. The summed E-state index contributed by atoms with van der Waals surface area (Å²) in [5.41, 5.74) is 2.13. The molecule has 0 saturated heterocycles. The molecule has 1 heterocycles. The van der Waals surface area contributed by atoms with E-state index in [0.29, 0.717) is 6.61 Å². The van der Waals surface area contributed by atoms with E-state index in [1.165, 1.54) is 6.07 Å². The molecule has 16 heavy (non-hydrogen) atoms. The Balaban J connectivity index is 2.50. The third-order valence-electron chi connectivity index (χ3n) is 1.58. The highest BCUT2D eigenvalue weighted by atomic mass is 16.7. The Kier molecular flexibility index (Phi) is 4.01. The number of nitrogens with one attached hydrogen (secondary N) is 1. The quantitative estimate of drug-likeness (QED) is 0.608. The predicted octanol–water partition coefficient (Wildman–Crippen LogP) is 1.51. The third kappa shape index (κ3) is 3.35. The Hall–Kier alpha value is -1.89. The normalized spacial score (nSPS) is 10.4. The van der Waals surface area contributed by atoms with Crippen LogP contribution in [0, 0.1) is 16.0 Å². The molecule has 0 spiro atoms. The first-order valence-corrected chi connectivity index (χ1v) is 4.67. The molecule has 0 aliphatic heterocycles. The zero-order chi connectivity index (χ0) is 12.1. The lowest BCUT2D eigenvalue weighted by atomic mass is 10.2. The van der Waals surface area contributed by atoms with E-state index in [4.69, 9.17) is 4.84 Å². The Morgan fingerprint density at radius 2 is 2.31 bits per heavy atom. The first-order chi connectivity index (χ1) is 7.50. The molecule has 88 valence electrons. The number of nitrogens with zero attached hydrogens (tertiary/aromatic N) is 1. The second kappa shape index (κ2) is 5.26.